The van der Waals surface area contributed by atoms with E-state index in [2.05, 4.69) is 0 Å². The van der Waals surface area contributed by atoms with Gasteiger partial charge in [0, 0.05) is 7.11 Å². The molecule has 0 aromatic heterocycles. The average Bonchev–Trinajstić information content (AvgIpc) is 2.55. The van der Waals surface area contributed by atoms with Gasteiger partial charge in [-0.1, -0.05) is 30.5 Å². The fourth-order valence-electron chi connectivity index (χ4n) is 2.46. The number of carbonyl (C=O) groups is 1. The number of methoxy groups -OCH3 is 1. The molecule has 0 saturated carbocycles. The van der Waals surface area contributed by atoms with Crippen LogP contribution in [-0.4, -0.2) is 39.8 Å². The Balaban J connectivity index is 2.27. The van der Waals surface area contributed by atoms with Gasteiger partial charge >= 0.3 is 5.97 Å². The third-order valence-electron chi connectivity index (χ3n) is 3.87. The summed E-state index contributed by atoms with van der Waals surface area (Å²) in [7, 11) is -2.13. The van der Waals surface area contributed by atoms with Gasteiger partial charge in [-0.2, -0.15) is 8.42 Å². The van der Waals surface area contributed by atoms with Gasteiger partial charge in [0.1, 0.15) is 5.60 Å². The van der Waals surface area contributed by atoms with Gasteiger partial charge in [0.25, 0.3) is 10.1 Å². The van der Waals surface area contributed by atoms with Crippen LogP contribution in [0.1, 0.15) is 58.4 Å². The summed E-state index contributed by atoms with van der Waals surface area (Å²) in [5.41, 5.74) is 0.489. The summed E-state index contributed by atoms with van der Waals surface area (Å²) in [6.07, 6.45) is 2.95. The number of unbranched alkanes of at least 4 members (excludes halogenated alkanes) is 2. The van der Waals surface area contributed by atoms with Crippen LogP contribution < -0.4 is 0 Å². The number of aryl methyl sites for hydroxylation is 1. The molecule has 0 saturated heterocycles. The summed E-state index contributed by atoms with van der Waals surface area (Å²) in [4.78, 5) is 12.0. The molecule has 1 aromatic rings. The van der Waals surface area contributed by atoms with E-state index < -0.39 is 15.7 Å². The zero-order chi connectivity index (χ0) is 20.5. The Kier molecular flexibility index (Phi) is 9.42. The van der Waals surface area contributed by atoms with Crippen molar-refractivity contribution in [1.82, 2.24) is 0 Å². The van der Waals surface area contributed by atoms with Crippen LogP contribution in [0.15, 0.2) is 29.2 Å². The molecule has 0 radical (unpaired) electrons. The largest absolute Gasteiger partial charge is 0.460 e. The number of hydrogen-bond donors (Lipinski definition) is 0. The highest BCUT2D eigenvalue weighted by molar-refractivity contribution is 7.86. The summed E-state index contributed by atoms with van der Waals surface area (Å²) in [5, 5.41) is 0. The van der Waals surface area contributed by atoms with Gasteiger partial charge in [-0.25, -0.2) is 0 Å². The maximum absolute atomic E-state index is 12.1. The van der Waals surface area contributed by atoms with Gasteiger partial charge in [0.2, 0.25) is 0 Å². The summed E-state index contributed by atoms with van der Waals surface area (Å²) in [5.74, 6) is -0.276. The minimum Gasteiger partial charge on any atom is -0.460 e. The molecule has 1 aromatic carbocycles. The second-order valence-electron chi connectivity index (χ2n) is 7.59. The lowest BCUT2D eigenvalue weighted by atomic mass is 10.1. The molecule has 0 aliphatic carbocycles. The molecule has 7 heteroatoms. The number of rotatable bonds is 11. The van der Waals surface area contributed by atoms with Gasteiger partial charge in [0.05, 0.1) is 24.0 Å². The molecule has 0 N–H and O–H groups in total. The molecular weight excluding hydrogens is 368 g/mol. The van der Waals surface area contributed by atoms with E-state index in [1.165, 1.54) is 0 Å². The molecule has 0 fully saturated rings. The maximum atomic E-state index is 12.1. The van der Waals surface area contributed by atoms with Crippen molar-refractivity contribution >= 4 is 16.1 Å². The molecule has 154 valence electrons. The third-order valence-corrected chi connectivity index (χ3v) is 5.19. The highest BCUT2D eigenvalue weighted by atomic mass is 32.2. The minimum absolute atomic E-state index is 0.139. The molecule has 1 rings (SSSR count). The van der Waals surface area contributed by atoms with Crippen LogP contribution in [0.5, 0.6) is 0 Å². The van der Waals surface area contributed by atoms with Crippen LogP contribution in [0, 0.1) is 6.92 Å². The van der Waals surface area contributed by atoms with Crippen molar-refractivity contribution < 1.29 is 26.9 Å². The third kappa shape index (κ3) is 9.89. The van der Waals surface area contributed by atoms with E-state index in [-0.39, 0.29) is 30.0 Å². The Hall–Kier alpha value is -1.44. The lowest BCUT2D eigenvalue weighted by Crippen LogP contribution is -2.27. The van der Waals surface area contributed by atoms with Crippen LogP contribution >= 0.6 is 0 Å². The van der Waals surface area contributed by atoms with Crippen LogP contribution in [0.25, 0.3) is 0 Å². The van der Waals surface area contributed by atoms with Crippen molar-refractivity contribution in [2.75, 3.05) is 13.7 Å². The van der Waals surface area contributed by atoms with Gasteiger partial charge in [-0.15, -0.1) is 0 Å². The first-order valence-electron chi connectivity index (χ1n) is 9.24. The average molecular weight is 401 g/mol. The van der Waals surface area contributed by atoms with Crippen molar-refractivity contribution in [1.29, 1.82) is 0 Å². The van der Waals surface area contributed by atoms with E-state index in [0.29, 0.717) is 12.8 Å². The molecule has 0 aliphatic rings. The highest BCUT2D eigenvalue weighted by Crippen LogP contribution is 2.16. The number of esters is 1. The summed E-state index contributed by atoms with van der Waals surface area (Å²) in [6, 6.07) is 6.58. The van der Waals surface area contributed by atoms with Crippen LogP contribution in [0.2, 0.25) is 0 Å². The molecule has 6 nitrogen and oxygen atoms in total. The first kappa shape index (κ1) is 23.6. The number of hydrogen-bond acceptors (Lipinski definition) is 6. The predicted octanol–water partition coefficient (Wildman–Crippen LogP) is 4.01. The molecule has 0 aliphatic heterocycles. The molecule has 1 atom stereocenters. The Morgan fingerprint density at radius 3 is 2.26 bits per heavy atom. The van der Waals surface area contributed by atoms with Crippen LogP contribution in [0.4, 0.5) is 0 Å². The van der Waals surface area contributed by atoms with Gasteiger partial charge in [0.15, 0.2) is 0 Å². The second kappa shape index (κ2) is 10.8. The summed E-state index contributed by atoms with van der Waals surface area (Å²) < 4.78 is 39.9. The van der Waals surface area contributed by atoms with Gasteiger partial charge in [-0.05, 0) is 52.7 Å². The fraction of sp³-hybridized carbons (Fsp3) is 0.650. The lowest BCUT2D eigenvalue weighted by Gasteiger charge is -2.21. The normalized spacial score (nSPS) is 13.4. The Morgan fingerprint density at radius 2 is 1.70 bits per heavy atom. The van der Waals surface area contributed by atoms with E-state index in [4.69, 9.17) is 13.7 Å². The molecule has 0 unspecified atom stereocenters. The monoisotopic (exact) mass is 400 g/mol. The number of benzene rings is 1. The summed E-state index contributed by atoms with van der Waals surface area (Å²) in [6.45, 7) is 7.53. The number of carbonyl (C=O) groups excluding carboxylic acids is 1. The molecular formula is C20H32O6S. The molecule has 27 heavy (non-hydrogen) atoms. The van der Waals surface area contributed by atoms with Crippen LogP contribution in [-0.2, 0) is 28.6 Å². The molecule has 0 amide bonds. The van der Waals surface area contributed by atoms with Crippen molar-refractivity contribution in [3.8, 4) is 0 Å². The SMILES string of the molecule is CO[C@@H](CCCCCOS(=O)(=O)c1ccc(C)cc1)CC(=O)OC(C)(C)C. The molecule has 0 spiro atoms. The topological polar surface area (TPSA) is 78.9 Å². The lowest BCUT2D eigenvalue weighted by molar-refractivity contribution is -0.157. The predicted molar refractivity (Wildman–Crippen MR) is 104 cm³/mol. The van der Waals surface area contributed by atoms with E-state index >= 15 is 0 Å². The number of ether oxygens (including phenoxy) is 2. The zero-order valence-electron chi connectivity index (χ0n) is 17.0. The quantitative estimate of drug-likeness (QED) is 0.317. The summed E-state index contributed by atoms with van der Waals surface area (Å²) >= 11 is 0. The Labute approximate surface area is 163 Å². The molecule has 0 bridgehead atoms. The Bertz CT molecular complexity index is 673. The zero-order valence-corrected chi connectivity index (χ0v) is 17.8. The van der Waals surface area contributed by atoms with E-state index in [0.717, 1.165) is 18.4 Å². The maximum Gasteiger partial charge on any atom is 0.308 e. The van der Waals surface area contributed by atoms with Crippen molar-refractivity contribution in [2.45, 2.75) is 76.4 Å². The smallest absolute Gasteiger partial charge is 0.308 e. The van der Waals surface area contributed by atoms with Gasteiger partial charge in [-0.3, -0.25) is 8.98 Å². The van der Waals surface area contributed by atoms with Gasteiger partial charge < -0.3 is 9.47 Å². The first-order valence-corrected chi connectivity index (χ1v) is 10.6. The first-order chi connectivity index (χ1) is 12.5. The molecule has 0 heterocycles. The van der Waals surface area contributed by atoms with Crippen molar-refractivity contribution in [3.05, 3.63) is 29.8 Å². The second-order valence-corrected chi connectivity index (χ2v) is 9.20. The van der Waals surface area contributed by atoms with E-state index in [1.807, 2.05) is 27.7 Å². The Morgan fingerprint density at radius 1 is 1.07 bits per heavy atom. The van der Waals surface area contributed by atoms with Crippen molar-refractivity contribution in [2.24, 2.45) is 0 Å². The standard InChI is InChI=1S/C20H32O6S/c1-16-10-12-18(13-11-16)27(22,23)25-14-8-6-7-9-17(24-5)15-19(21)26-20(2,3)4/h10-13,17H,6-9,14-15H2,1-5H3/t17-/m0/s1. The highest BCUT2D eigenvalue weighted by Gasteiger charge is 2.20. The van der Waals surface area contributed by atoms with E-state index in [1.54, 1.807) is 31.4 Å². The fourth-order valence-corrected chi connectivity index (χ4v) is 3.41. The minimum atomic E-state index is -3.70. The van der Waals surface area contributed by atoms with Crippen LogP contribution in [0.3, 0.4) is 0 Å². The van der Waals surface area contributed by atoms with E-state index in [9.17, 15) is 13.2 Å². The van der Waals surface area contributed by atoms with Crippen molar-refractivity contribution in [3.63, 3.8) is 0 Å².